The largest absolute Gasteiger partial charge is 0.459 e. The molecular weight excluding hydrogens is 356 g/mol. The molecule has 1 aliphatic carbocycles. The Bertz CT molecular complexity index is 892. The second-order valence-corrected chi connectivity index (χ2v) is 7.97. The number of benzene rings is 3. The standard InChI is InChI=1S/C27H28O2/c28-27(29-26-19-17-24(18-20-26)23-9-5-2-6-10-23)25-15-13-22(14-16-25)12-11-21-7-3-1-4-8-21/h1-10,13-16,24,26H,11-12,17-20H2. The minimum absolute atomic E-state index is 0.0419. The Morgan fingerprint density at radius 2 is 1.24 bits per heavy atom. The van der Waals surface area contributed by atoms with Gasteiger partial charge in [0.15, 0.2) is 0 Å². The maximum absolute atomic E-state index is 12.5. The SMILES string of the molecule is O=C(OC1CCC(c2ccccc2)CC1)c1ccc(CCc2ccccc2)cc1. The van der Waals surface area contributed by atoms with Crippen LogP contribution in [0.15, 0.2) is 84.9 Å². The van der Waals surface area contributed by atoms with Gasteiger partial charge in [0, 0.05) is 0 Å². The molecule has 0 aromatic heterocycles. The molecule has 1 saturated carbocycles. The summed E-state index contributed by atoms with van der Waals surface area (Å²) in [5.74, 6) is 0.401. The molecule has 2 heteroatoms. The van der Waals surface area contributed by atoms with Crippen molar-refractivity contribution in [3.63, 3.8) is 0 Å². The molecule has 0 spiro atoms. The summed E-state index contributed by atoms with van der Waals surface area (Å²) in [6, 6.07) is 29.1. The van der Waals surface area contributed by atoms with E-state index in [-0.39, 0.29) is 12.1 Å². The third-order valence-corrected chi connectivity index (χ3v) is 5.95. The van der Waals surface area contributed by atoms with Gasteiger partial charge in [0.2, 0.25) is 0 Å². The van der Waals surface area contributed by atoms with Crippen molar-refractivity contribution >= 4 is 5.97 Å². The van der Waals surface area contributed by atoms with Gasteiger partial charge < -0.3 is 4.74 Å². The van der Waals surface area contributed by atoms with Crippen LogP contribution >= 0.6 is 0 Å². The zero-order valence-corrected chi connectivity index (χ0v) is 16.8. The monoisotopic (exact) mass is 384 g/mol. The number of rotatable bonds is 6. The molecule has 0 saturated heterocycles. The summed E-state index contributed by atoms with van der Waals surface area (Å²) in [6.07, 6.45) is 6.08. The van der Waals surface area contributed by atoms with Crippen LogP contribution in [0.2, 0.25) is 0 Å². The van der Waals surface area contributed by atoms with E-state index < -0.39 is 0 Å². The number of carbonyl (C=O) groups excluding carboxylic acids is 1. The van der Waals surface area contributed by atoms with Crippen molar-refractivity contribution in [2.45, 2.75) is 50.5 Å². The number of carbonyl (C=O) groups is 1. The predicted octanol–water partition coefficient (Wildman–Crippen LogP) is 6.36. The Hall–Kier alpha value is -2.87. The Labute approximate surface area is 173 Å². The number of ether oxygens (including phenoxy) is 1. The van der Waals surface area contributed by atoms with Crippen LogP contribution in [-0.2, 0) is 17.6 Å². The van der Waals surface area contributed by atoms with E-state index in [2.05, 4.69) is 54.6 Å². The molecule has 0 bridgehead atoms. The molecule has 0 aliphatic heterocycles. The maximum Gasteiger partial charge on any atom is 0.338 e. The van der Waals surface area contributed by atoms with E-state index >= 15 is 0 Å². The average Bonchev–Trinajstić information content (AvgIpc) is 2.80. The lowest BCUT2D eigenvalue weighted by Gasteiger charge is -2.28. The van der Waals surface area contributed by atoms with Crippen LogP contribution in [0.5, 0.6) is 0 Å². The molecule has 148 valence electrons. The highest BCUT2D eigenvalue weighted by atomic mass is 16.5. The molecule has 1 aliphatic rings. The van der Waals surface area contributed by atoms with Crippen molar-refractivity contribution < 1.29 is 9.53 Å². The highest BCUT2D eigenvalue weighted by Gasteiger charge is 2.25. The first-order chi connectivity index (χ1) is 14.3. The van der Waals surface area contributed by atoms with Crippen molar-refractivity contribution in [2.75, 3.05) is 0 Å². The highest BCUT2D eigenvalue weighted by Crippen LogP contribution is 2.34. The van der Waals surface area contributed by atoms with Crippen LogP contribution in [0.3, 0.4) is 0 Å². The lowest BCUT2D eigenvalue weighted by molar-refractivity contribution is 0.0195. The molecule has 0 amide bonds. The zero-order valence-electron chi connectivity index (χ0n) is 16.8. The molecule has 0 atom stereocenters. The van der Waals surface area contributed by atoms with Gasteiger partial charge in [-0.3, -0.25) is 0 Å². The second kappa shape index (κ2) is 9.56. The fourth-order valence-electron chi connectivity index (χ4n) is 4.20. The fraction of sp³-hybridized carbons (Fsp3) is 0.296. The van der Waals surface area contributed by atoms with Crippen LogP contribution in [0.25, 0.3) is 0 Å². The van der Waals surface area contributed by atoms with Gasteiger partial charge in [-0.05, 0) is 73.3 Å². The van der Waals surface area contributed by atoms with E-state index in [0.717, 1.165) is 38.5 Å². The number of esters is 1. The van der Waals surface area contributed by atoms with Crippen molar-refractivity contribution in [2.24, 2.45) is 0 Å². The lowest BCUT2D eigenvalue weighted by atomic mass is 9.83. The predicted molar refractivity (Wildman–Crippen MR) is 117 cm³/mol. The Balaban J connectivity index is 1.26. The molecule has 0 N–H and O–H groups in total. The summed E-state index contributed by atoms with van der Waals surface area (Å²) < 4.78 is 5.79. The summed E-state index contributed by atoms with van der Waals surface area (Å²) in [7, 11) is 0. The summed E-state index contributed by atoms with van der Waals surface area (Å²) >= 11 is 0. The van der Waals surface area contributed by atoms with E-state index in [0.29, 0.717) is 11.5 Å². The van der Waals surface area contributed by atoms with E-state index in [9.17, 15) is 4.79 Å². The van der Waals surface area contributed by atoms with Crippen molar-refractivity contribution in [1.82, 2.24) is 0 Å². The molecule has 0 heterocycles. The van der Waals surface area contributed by atoms with Gasteiger partial charge in [0.25, 0.3) is 0 Å². The van der Waals surface area contributed by atoms with Gasteiger partial charge in [-0.1, -0.05) is 72.8 Å². The molecule has 2 nitrogen and oxygen atoms in total. The highest BCUT2D eigenvalue weighted by molar-refractivity contribution is 5.89. The lowest BCUT2D eigenvalue weighted by Crippen LogP contribution is -2.24. The van der Waals surface area contributed by atoms with Gasteiger partial charge >= 0.3 is 5.97 Å². The zero-order chi connectivity index (χ0) is 19.9. The van der Waals surface area contributed by atoms with Gasteiger partial charge in [-0.15, -0.1) is 0 Å². The first-order valence-electron chi connectivity index (χ1n) is 10.7. The first kappa shape index (κ1) is 19.4. The summed E-state index contributed by atoms with van der Waals surface area (Å²) in [6.45, 7) is 0. The smallest absolute Gasteiger partial charge is 0.338 e. The molecule has 0 unspecified atom stereocenters. The minimum Gasteiger partial charge on any atom is -0.459 e. The van der Waals surface area contributed by atoms with Crippen LogP contribution in [0.1, 0.15) is 58.6 Å². The summed E-state index contributed by atoms with van der Waals surface area (Å²) in [5, 5.41) is 0. The van der Waals surface area contributed by atoms with E-state index in [4.69, 9.17) is 4.74 Å². The molecule has 4 rings (SSSR count). The average molecular weight is 385 g/mol. The van der Waals surface area contributed by atoms with E-state index in [1.165, 1.54) is 16.7 Å². The molecule has 0 radical (unpaired) electrons. The molecule has 3 aromatic rings. The van der Waals surface area contributed by atoms with Crippen LogP contribution in [0, 0.1) is 0 Å². The van der Waals surface area contributed by atoms with E-state index in [1.54, 1.807) is 0 Å². The summed E-state index contributed by atoms with van der Waals surface area (Å²) in [5.41, 5.74) is 4.64. The van der Waals surface area contributed by atoms with Crippen molar-refractivity contribution in [1.29, 1.82) is 0 Å². The first-order valence-corrected chi connectivity index (χ1v) is 10.7. The number of aryl methyl sites for hydroxylation is 2. The van der Waals surface area contributed by atoms with Gasteiger partial charge in [-0.25, -0.2) is 4.79 Å². The minimum atomic E-state index is -0.192. The topological polar surface area (TPSA) is 26.3 Å². The third-order valence-electron chi connectivity index (χ3n) is 5.95. The normalized spacial score (nSPS) is 18.9. The number of hydrogen-bond acceptors (Lipinski definition) is 2. The van der Waals surface area contributed by atoms with Crippen molar-refractivity contribution in [3.05, 3.63) is 107 Å². The number of hydrogen-bond donors (Lipinski definition) is 0. The fourth-order valence-corrected chi connectivity index (χ4v) is 4.20. The van der Waals surface area contributed by atoms with Crippen LogP contribution in [0.4, 0.5) is 0 Å². The third kappa shape index (κ3) is 5.35. The van der Waals surface area contributed by atoms with Crippen LogP contribution < -0.4 is 0 Å². The molecular formula is C27H28O2. The molecule has 1 fully saturated rings. The van der Waals surface area contributed by atoms with Gasteiger partial charge in [0.1, 0.15) is 6.10 Å². The van der Waals surface area contributed by atoms with Crippen LogP contribution in [-0.4, -0.2) is 12.1 Å². The Kier molecular flexibility index (Phi) is 6.41. The Morgan fingerprint density at radius 3 is 1.86 bits per heavy atom. The molecule has 3 aromatic carbocycles. The Morgan fingerprint density at radius 1 is 0.690 bits per heavy atom. The van der Waals surface area contributed by atoms with Crippen molar-refractivity contribution in [3.8, 4) is 0 Å². The summed E-state index contributed by atoms with van der Waals surface area (Å²) in [4.78, 5) is 12.5. The maximum atomic E-state index is 12.5. The second-order valence-electron chi connectivity index (χ2n) is 7.97. The van der Waals surface area contributed by atoms with Gasteiger partial charge in [0.05, 0.1) is 5.56 Å². The van der Waals surface area contributed by atoms with E-state index in [1.807, 2.05) is 30.3 Å². The molecule has 29 heavy (non-hydrogen) atoms. The quantitative estimate of drug-likeness (QED) is 0.463. The van der Waals surface area contributed by atoms with Gasteiger partial charge in [-0.2, -0.15) is 0 Å².